The standard InChI is InChI=1S/C17H29N3O3/c1-5-8-19-17(22)12-9-14(18)16(20-11(4)21)15(10-12)23-13(6-2)7-3/h5,10,13-16H,1,6-9,18H2,2-4H3,(H,19,22)(H,20,21)/t14-,15+,16+/m0/s1. The Bertz CT molecular complexity index is 458. The Balaban J connectivity index is 2.97. The highest BCUT2D eigenvalue weighted by atomic mass is 16.5. The van der Waals surface area contributed by atoms with Gasteiger partial charge in [-0.05, 0) is 25.3 Å². The molecule has 3 atom stereocenters. The van der Waals surface area contributed by atoms with Crippen LogP contribution in [0.25, 0.3) is 0 Å². The van der Waals surface area contributed by atoms with E-state index in [0.29, 0.717) is 18.5 Å². The van der Waals surface area contributed by atoms with E-state index in [1.165, 1.54) is 6.92 Å². The molecule has 0 aromatic carbocycles. The van der Waals surface area contributed by atoms with E-state index in [0.717, 1.165) is 12.8 Å². The minimum absolute atomic E-state index is 0.0651. The summed E-state index contributed by atoms with van der Waals surface area (Å²) in [5, 5.41) is 5.61. The molecule has 6 heteroatoms. The van der Waals surface area contributed by atoms with Crippen molar-refractivity contribution in [2.45, 2.75) is 64.3 Å². The van der Waals surface area contributed by atoms with Crippen molar-refractivity contribution in [3.8, 4) is 0 Å². The normalized spacial score (nSPS) is 24.0. The highest BCUT2D eigenvalue weighted by Gasteiger charge is 2.35. The largest absolute Gasteiger partial charge is 0.369 e. The fourth-order valence-corrected chi connectivity index (χ4v) is 2.69. The predicted molar refractivity (Wildman–Crippen MR) is 90.7 cm³/mol. The fourth-order valence-electron chi connectivity index (χ4n) is 2.69. The maximum absolute atomic E-state index is 12.2. The molecule has 1 rings (SSSR count). The third-order valence-electron chi connectivity index (χ3n) is 3.97. The number of ether oxygens (including phenoxy) is 1. The van der Waals surface area contributed by atoms with Crippen molar-refractivity contribution in [2.75, 3.05) is 6.54 Å². The van der Waals surface area contributed by atoms with E-state index >= 15 is 0 Å². The van der Waals surface area contributed by atoms with Crippen LogP contribution < -0.4 is 16.4 Å². The van der Waals surface area contributed by atoms with Gasteiger partial charge in [0.05, 0.1) is 18.2 Å². The van der Waals surface area contributed by atoms with Gasteiger partial charge in [0.1, 0.15) is 0 Å². The van der Waals surface area contributed by atoms with Crippen LogP contribution in [-0.4, -0.2) is 42.7 Å². The fraction of sp³-hybridized carbons (Fsp3) is 0.647. The van der Waals surface area contributed by atoms with Crippen LogP contribution in [0.4, 0.5) is 0 Å². The zero-order chi connectivity index (χ0) is 17.4. The molecule has 0 saturated carbocycles. The van der Waals surface area contributed by atoms with Gasteiger partial charge >= 0.3 is 0 Å². The Morgan fingerprint density at radius 3 is 2.65 bits per heavy atom. The molecule has 130 valence electrons. The average molecular weight is 323 g/mol. The minimum atomic E-state index is -0.406. The Labute approximate surface area is 138 Å². The van der Waals surface area contributed by atoms with Gasteiger partial charge < -0.3 is 21.1 Å². The number of carbonyl (C=O) groups is 2. The second kappa shape index (κ2) is 9.47. The van der Waals surface area contributed by atoms with Gasteiger partial charge in [0.25, 0.3) is 0 Å². The van der Waals surface area contributed by atoms with Gasteiger partial charge in [-0.25, -0.2) is 0 Å². The lowest BCUT2D eigenvalue weighted by molar-refractivity contribution is -0.121. The van der Waals surface area contributed by atoms with Gasteiger partial charge in [0.2, 0.25) is 11.8 Å². The number of hydrogen-bond acceptors (Lipinski definition) is 4. The first-order valence-corrected chi connectivity index (χ1v) is 8.20. The molecule has 0 fully saturated rings. The van der Waals surface area contributed by atoms with Gasteiger partial charge in [-0.15, -0.1) is 6.58 Å². The molecule has 0 bridgehead atoms. The summed E-state index contributed by atoms with van der Waals surface area (Å²) in [6.07, 6.45) is 5.20. The van der Waals surface area contributed by atoms with E-state index in [4.69, 9.17) is 10.5 Å². The number of hydrogen-bond donors (Lipinski definition) is 3. The van der Waals surface area contributed by atoms with E-state index < -0.39 is 6.10 Å². The Morgan fingerprint density at radius 1 is 1.48 bits per heavy atom. The molecule has 1 aliphatic rings. The zero-order valence-corrected chi connectivity index (χ0v) is 14.3. The molecule has 0 heterocycles. The monoisotopic (exact) mass is 323 g/mol. The van der Waals surface area contributed by atoms with E-state index in [2.05, 4.69) is 17.2 Å². The third kappa shape index (κ3) is 5.80. The van der Waals surface area contributed by atoms with Crippen molar-refractivity contribution in [1.29, 1.82) is 0 Å². The highest BCUT2D eigenvalue weighted by molar-refractivity contribution is 5.94. The highest BCUT2D eigenvalue weighted by Crippen LogP contribution is 2.23. The lowest BCUT2D eigenvalue weighted by Crippen LogP contribution is -2.57. The Kier molecular flexibility index (Phi) is 7.98. The molecule has 1 aliphatic carbocycles. The summed E-state index contributed by atoms with van der Waals surface area (Å²) < 4.78 is 6.09. The molecule has 0 unspecified atom stereocenters. The van der Waals surface area contributed by atoms with Crippen molar-refractivity contribution in [3.05, 3.63) is 24.3 Å². The van der Waals surface area contributed by atoms with Crippen LogP contribution in [0.2, 0.25) is 0 Å². The topological polar surface area (TPSA) is 93.5 Å². The Hall–Kier alpha value is -1.66. The molecule has 0 aliphatic heterocycles. The van der Waals surface area contributed by atoms with Crippen LogP contribution in [0.5, 0.6) is 0 Å². The maximum Gasteiger partial charge on any atom is 0.247 e. The summed E-state index contributed by atoms with van der Waals surface area (Å²) in [4.78, 5) is 23.6. The zero-order valence-electron chi connectivity index (χ0n) is 14.3. The summed E-state index contributed by atoms with van der Waals surface area (Å²) in [5.74, 6) is -0.323. The molecule has 23 heavy (non-hydrogen) atoms. The van der Waals surface area contributed by atoms with Gasteiger partial charge in [-0.3, -0.25) is 9.59 Å². The number of carbonyl (C=O) groups excluding carboxylic acids is 2. The molecule has 4 N–H and O–H groups in total. The third-order valence-corrected chi connectivity index (χ3v) is 3.97. The maximum atomic E-state index is 12.2. The molecule has 0 radical (unpaired) electrons. The molecular formula is C17H29N3O3. The summed E-state index contributed by atoms with van der Waals surface area (Å²) in [6, 6.07) is -0.697. The van der Waals surface area contributed by atoms with Gasteiger partial charge in [0.15, 0.2) is 0 Å². The minimum Gasteiger partial charge on any atom is -0.369 e. The second-order valence-electron chi connectivity index (χ2n) is 5.82. The van der Waals surface area contributed by atoms with Crippen LogP contribution in [-0.2, 0) is 14.3 Å². The van der Waals surface area contributed by atoms with Crippen LogP contribution in [0, 0.1) is 0 Å². The van der Waals surface area contributed by atoms with Gasteiger partial charge in [0, 0.05) is 25.1 Å². The van der Waals surface area contributed by atoms with Gasteiger partial charge in [-0.2, -0.15) is 0 Å². The van der Waals surface area contributed by atoms with Crippen LogP contribution >= 0.6 is 0 Å². The molecule has 0 saturated heterocycles. The summed E-state index contributed by atoms with van der Waals surface area (Å²) in [5.41, 5.74) is 6.79. The first kappa shape index (κ1) is 19.4. The van der Waals surface area contributed by atoms with Crippen molar-refractivity contribution >= 4 is 11.8 Å². The number of rotatable bonds is 8. The molecule has 6 nitrogen and oxygen atoms in total. The SMILES string of the molecule is C=CCNC(=O)C1=C[C@@H](OC(CC)CC)[C@H](NC(C)=O)[C@@H](N)C1. The summed E-state index contributed by atoms with van der Waals surface area (Å²) >= 11 is 0. The van der Waals surface area contributed by atoms with E-state index in [1.807, 2.05) is 13.8 Å². The van der Waals surface area contributed by atoms with Crippen molar-refractivity contribution in [1.82, 2.24) is 10.6 Å². The Morgan fingerprint density at radius 2 is 2.13 bits per heavy atom. The quantitative estimate of drug-likeness (QED) is 0.582. The van der Waals surface area contributed by atoms with Crippen molar-refractivity contribution in [2.24, 2.45) is 5.73 Å². The number of nitrogens with two attached hydrogens (primary N) is 1. The number of amides is 2. The molecular weight excluding hydrogens is 294 g/mol. The predicted octanol–water partition coefficient (Wildman–Crippen LogP) is 1.02. The van der Waals surface area contributed by atoms with Crippen LogP contribution in [0.1, 0.15) is 40.0 Å². The molecule has 2 amide bonds. The summed E-state index contributed by atoms with van der Waals surface area (Å²) in [7, 11) is 0. The van der Waals surface area contributed by atoms with Crippen LogP contribution in [0.3, 0.4) is 0 Å². The van der Waals surface area contributed by atoms with E-state index in [-0.39, 0.29) is 30.0 Å². The molecule has 0 aromatic heterocycles. The van der Waals surface area contributed by atoms with Crippen molar-refractivity contribution in [3.63, 3.8) is 0 Å². The van der Waals surface area contributed by atoms with Crippen LogP contribution in [0.15, 0.2) is 24.3 Å². The van der Waals surface area contributed by atoms with E-state index in [9.17, 15) is 9.59 Å². The van der Waals surface area contributed by atoms with E-state index in [1.54, 1.807) is 12.2 Å². The first-order chi connectivity index (χ1) is 10.9. The first-order valence-electron chi connectivity index (χ1n) is 8.20. The lowest BCUT2D eigenvalue weighted by Gasteiger charge is -2.36. The average Bonchev–Trinajstić information content (AvgIpc) is 2.52. The molecule has 0 spiro atoms. The number of nitrogens with one attached hydrogen (secondary N) is 2. The smallest absolute Gasteiger partial charge is 0.247 e. The lowest BCUT2D eigenvalue weighted by atomic mass is 9.87. The van der Waals surface area contributed by atoms with Gasteiger partial charge in [-0.1, -0.05) is 19.9 Å². The second-order valence-corrected chi connectivity index (χ2v) is 5.82. The summed E-state index contributed by atoms with van der Waals surface area (Å²) in [6.45, 7) is 9.53. The van der Waals surface area contributed by atoms with Crippen molar-refractivity contribution < 1.29 is 14.3 Å². The molecule has 0 aromatic rings.